The predicted molar refractivity (Wildman–Crippen MR) is 79.0 cm³/mol. The third-order valence-corrected chi connectivity index (χ3v) is 4.12. The Hall–Kier alpha value is -0.880. The molecule has 3 N–H and O–H groups in total. The molecule has 0 bridgehead atoms. The second-order valence-corrected chi connectivity index (χ2v) is 5.45. The molecule has 1 atom stereocenters. The number of hydrogen-bond donors (Lipinski definition) is 2. The highest BCUT2D eigenvalue weighted by Crippen LogP contribution is 2.20. The summed E-state index contributed by atoms with van der Waals surface area (Å²) in [5, 5.41) is 0.700. The molecular weight excluding hydrogens is 262 g/mol. The van der Waals surface area contributed by atoms with Gasteiger partial charge in [0.15, 0.2) is 0 Å². The maximum Gasteiger partial charge on any atom is 0.140 e. The van der Waals surface area contributed by atoms with Gasteiger partial charge in [0.25, 0.3) is 0 Å². The fraction of sp³-hybridized carbons (Fsp3) is 0.615. The summed E-state index contributed by atoms with van der Waals surface area (Å²) in [6.07, 6.45) is 1.17. The summed E-state index contributed by atoms with van der Waals surface area (Å²) in [5.41, 5.74) is 3.45. The van der Waals surface area contributed by atoms with E-state index in [-0.39, 0.29) is 0 Å². The lowest BCUT2D eigenvalue weighted by Crippen LogP contribution is -2.50. The van der Waals surface area contributed by atoms with Crippen molar-refractivity contribution in [2.45, 2.75) is 25.9 Å². The third kappa shape index (κ3) is 3.57. The van der Waals surface area contributed by atoms with Crippen LogP contribution in [-0.2, 0) is 6.54 Å². The molecule has 0 spiro atoms. The van der Waals surface area contributed by atoms with E-state index in [1.54, 1.807) is 6.07 Å². The van der Waals surface area contributed by atoms with Gasteiger partial charge in [-0.15, -0.1) is 0 Å². The lowest BCUT2D eigenvalue weighted by Gasteiger charge is -2.39. The largest absolute Gasteiger partial charge is 0.308 e. The number of anilines is 1. The molecule has 106 valence electrons. The topological polar surface area (TPSA) is 57.4 Å². The van der Waals surface area contributed by atoms with E-state index in [1.165, 1.54) is 6.42 Å². The van der Waals surface area contributed by atoms with E-state index in [0.717, 1.165) is 31.9 Å². The van der Waals surface area contributed by atoms with E-state index < -0.39 is 0 Å². The van der Waals surface area contributed by atoms with E-state index in [2.05, 4.69) is 34.2 Å². The fourth-order valence-electron chi connectivity index (χ4n) is 2.48. The number of hydrazine groups is 1. The summed E-state index contributed by atoms with van der Waals surface area (Å²) in [5.74, 6) is 6.04. The first-order chi connectivity index (χ1) is 9.13. The minimum Gasteiger partial charge on any atom is -0.308 e. The number of piperazine rings is 1. The van der Waals surface area contributed by atoms with Crippen molar-refractivity contribution in [3.8, 4) is 0 Å². The number of nitrogens with one attached hydrogen (secondary N) is 1. The minimum absolute atomic E-state index is 0.614. The molecule has 0 aromatic carbocycles. The van der Waals surface area contributed by atoms with Crippen LogP contribution in [0.5, 0.6) is 0 Å². The molecule has 5 nitrogen and oxygen atoms in total. The number of aromatic nitrogens is 1. The Balaban J connectivity index is 2.04. The van der Waals surface area contributed by atoms with E-state index in [9.17, 15) is 0 Å². The minimum atomic E-state index is 0.614. The normalized spacial score (nSPS) is 21.6. The molecule has 0 radical (unpaired) electrons. The van der Waals surface area contributed by atoms with Crippen LogP contribution < -0.4 is 11.3 Å². The van der Waals surface area contributed by atoms with Crippen LogP contribution in [0.25, 0.3) is 0 Å². The van der Waals surface area contributed by atoms with Crippen LogP contribution in [0.4, 0.5) is 5.82 Å². The molecule has 1 aliphatic heterocycles. The molecule has 0 saturated carbocycles. The molecule has 6 heteroatoms. The quantitative estimate of drug-likeness (QED) is 0.649. The summed E-state index contributed by atoms with van der Waals surface area (Å²) in [4.78, 5) is 9.26. The van der Waals surface area contributed by atoms with Crippen molar-refractivity contribution < 1.29 is 0 Å². The number of halogens is 1. The van der Waals surface area contributed by atoms with Gasteiger partial charge in [-0.05, 0) is 25.6 Å². The molecule has 1 fully saturated rings. The molecule has 1 unspecified atom stereocenters. The summed E-state index contributed by atoms with van der Waals surface area (Å²) < 4.78 is 0. The highest BCUT2D eigenvalue weighted by molar-refractivity contribution is 6.31. The van der Waals surface area contributed by atoms with Gasteiger partial charge in [0.2, 0.25) is 0 Å². The van der Waals surface area contributed by atoms with Crippen molar-refractivity contribution in [3.05, 3.63) is 22.8 Å². The van der Waals surface area contributed by atoms with Gasteiger partial charge in [0.05, 0.1) is 10.7 Å². The van der Waals surface area contributed by atoms with Crippen LogP contribution in [0.1, 0.15) is 19.0 Å². The van der Waals surface area contributed by atoms with Crippen molar-refractivity contribution in [2.24, 2.45) is 5.84 Å². The summed E-state index contributed by atoms with van der Waals surface area (Å²) in [6.45, 7) is 6.20. The van der Waals surface area contributed by atoms with E-state index in [1.807, 2.05) is 6.07 Å². The monoisotopic (exact) mass is 283 g/mol. The lowest BCUT2D eigenvalue weighted by atomic mass is 10.1. The van der Waals surface area contributed by atoms with Crippen molar-refractivity contribution in [3.63, 3.8) is 0 Å². The zero-order valence-electron chi connectivity index (χ0n) is 11.6. The van der Waals surface area contributed by atoms with Gasteiger partial charge in [-0.1, -0.05) is 18.5 Å². The maximum atomic E-state index is 6.20. The van der Waals surface area contributed by atoms with Crippen LogP contribution in [0.15, 0.2) is 12.1 Å². The molecule has 1 aromatic heterocycles. The van der Waals surface area contributed by atoms with Crippen molar-refractivity contribution in [2.75, 3.05) is 32.1 Å². The third-order valence-electron chi connectivity index (χ3n) is 3.77. The second-order valence-electron chi connectivity index (χ2n) is 5.05. The number of likely N-dealkylation sites (N-methyl/N-ethyl adjacent to an activating group) is 1. The molecule has 2 rings (SSSR count). The molecule has 0 amide bonds. The highest BCUT2D eigenvalue weighted by atomic mass is 35.5. The summed E-state index contributed by atoms with van der Waals surface area (Å²) in [6, 6.07) is 4.24. The fourth-order valence-corrected chi connectivity index (χ4v) is 2.65. The zero-order valence-corrected chi connectivity index (χ0v) is 12.3. The Morgan fingerprint density at radius 1 is 1.47 bits per heavy atom. The Labute approximate surface area is 119 Å². The van der Waals surface area contributed by atoms with E-state index in [0.29, 0.717) is 16.9 Å². The highest BCUT2D eigenvalue weighted by Gasteiger charge is 2.23. The van der Waals surface area contributed by atoms with Crippen LogP contribution >= 0.6 is 11.6 Å². The first kappa shape index (κ1) is 14.5. The van der Waals surface area contributed by atoms with Gasteiger partial charge < -0.3 is 10.3 Å². The van der Waals surface area contributed by atoms with Crippen molar-refractivity contribution in [1.29, 1.82) is 0 Å². The number of pyridine rings is 1. The van der Waals surface area contributed by atoms with Crippen LogP contribution in [0, 0.1) is 0 Å². The van der Waals surface area contributed by atoms with Crippen molar-refractivity contribution in [1.82, 2.24) is 14.8 Å². The van der Waals surface area contributed by atoms with Gasteiger partial charge in [0.1, 0.15) is 5.82 Å². The van der Waals surface area contributed by atoms with E-state index in [4.69, 9.17) is 17.4 Å². The molecule has 0 aliphatic carbocycles. The number of hydrogen-bond acceptors (Lipinski definition) is 5. The number of nitrogens with two attached hydrogens (primary N) is 1. The number of nitrogens with zero attached hydrogens (tertiary/aromatic N) is 3. The van der Waals surface area contributed by atoms with Crippen LogP contribution in [0.2, 0.25) is 5.02 Å². The Morgan fingerprint density at radius 2 is 2.26 bits per heavy atom. The first-order valence-corrected chi connectivity index (χ1v) is 7.06. The molecule has 1 aromatic rings. The summed E-state index contributed by atoms with van der Waals surface area (Å²) >= 11 is 6.20. The van der Waals surface area contributed by atoms with E-state index >= 15 is 0 Å². The number of rotatable bonds is 4. The van der Waals surface area contributed by atoms with Gasteiger partial charge in [-0.3, -0.25) is 4.90 Å². The molecular formula is C13H22ClN5. The van der Waals surface area contributed by atoms with Gasteiger partial charge in [-0.25, -0.2) is 10.8 Å². The Bertz CT molecular complexity index is 425. The second kappa shape index (κ2) is 6.52. The standard InChI is InChI=1S/C13H22ClN5/c1-3-10-8-19(7-6-18(10)2)9-12-11(14)4-5-13(16-12)17-15/h4-5,10H,3,6-9,15H2,1-2H3,(H,16,17). The van der Waals surface area contributed by atoms with Crippen LogP contribution in [-0.4, -0.2) is 47.5 Å². The maximum absolute atomic E-state index is 6.20. The SMILES string of the molecule is CCC1CN(Cc2nc(NN)ccc2Cl)CCN1C. The summed E-state index contributed by atoms with van der Waals surface area (Å²) in [7, 11) is 2.19. The van der Waals surface area contributed by atoms with Gasteiger partial charge in [-0.2, -0.15) is 0 Å². The first-order valence-electron chi connectivity index (χ1n) is 6.68. The molecule has 1 saturated heterocycles. The Morgan fingerprint density at radius 3 is 2.95 bits per heavy atom. The molecule has 19 heavy (non-hydrogen) atoms. The predicted octanol–water partition coefficient (Wildman–Crippen LogP) is 1.55. The smallest absolute Gasteiger partial charge is 0.140 e. The average molecular weight is 284 g/mol. The van der Waals surface area contributed by atoms with Crippen molar-refractivity contribution >= 4 is 17.4 Å². The van der Waals surface area contributed by atoms with Gasteiger partial charge in [0, 0.05) is 32.2 Å². The van der Waals surface area contributed by atoms with Gasteiger partial charge >= 0.3 is 0 Å². The lowest BCUT2D eigenvalue weighted by molar-refractivity contribution is 0.0876. The molecule has 1 aliphatic rings. The Kier molecular flexibility index (Phi) is 4.99. The number of nitrogen functional groups attached to an aromatic ring is 1. The van der Waals surface area contributed by atoms with Crippen LogP contribution in [0.3, 0.4) is 0 Å². The zero-order chi connectivity index (χ0) is 13.8. The molecule has 2 heterocycles. The average Bonchev–Trinajstić information content (AvgIpc) is 2.43.